The van der Waals surface area contributed by atoms with Crippen molar-refractivity contribution in [1.82, 2.24) is 14.1 Å². The summed E-state index contributed by atoms with van der Waals surface area (Å²) in [6, 6.07) is 4.59. The lowest BCUT2D eigenvalue weighted by molar-refractivity contribution is 0.463. The predicted octanol–water partition coefficient (Wildman–Crippen LogP) is 3.98. The number of hydrogen-bond acceptors (Lipinski definition) is 3. The monoisotopic (exact) mass is 389 g/mol. The smallest absolute Gasteiger partial charge is 0.244 e. The maximum atomic E-state index is 12.9. The highest BCUT2D eigenvalue weighted by molar-refractivity contribution is 7.89. The summed E-state index contributed by atoms with van der Waals surface area (Å²) in [6.07, 6.45) is 0. The number of aryl methyl sites for hydroxylation is 1. The van der Waals surface area contributed by atoms with Crippen LogP contribution in [-0.4, -0.2) is 29.6 Å². The molecule has 1 heterocycles. The molecule has 2 aromatic rings. The van der Waals surface area contributed by atoms with Crippen LogP contribution in [0, 0.1) is 6.92 Å². The Morgan fingerprint density at radius 2 is 1.92 bits per heavy atom. The van der Waals surface area contributed by atoms with Crippen LogP contribution >= 0.6 is 23.2 Å². The third-order valence-corrected chi connectivity index (χ3v) is 6.80. The van der Waals surface area contributed by atoms with Crippen molar-refractivity contribution in [2.24, 2.45) is 7.05 Å². The molecule has 0 N–H and O–H groups in total. The lowest BCUT2D eigenvalue weighted by atomic mass is 10.0. The molecule has 1 aromatic heterocycles. The van der Waals surface area contributed by atoms with Gasteiger partial charge in [0.15, 0.2) is 0 Å². The number of hydrogen-bond donors (Lipinski definition) is 0. The molecule has 1 aromatic carbocycles. The fourth-order valence-electron chi connectivity index (χ4n) is 2.50. The fourth-order valence-corrected chi connectivity index (χ4v) is 4.37. The van der Waals surface area contributed by atoms with Crippen LogP contribution in [0.3, 0.4) is 0 Å². The van der Waals surface area contributed by atoms with E-state index in [1.54, 1.807) is 16.8 Å². The molecule has 0 saturated carbocycles. The first-order valence-corrected chi connectivity index (χ1v) is 9.69. The van der Waals surface area contributed by atoms with Crippen molar-refractivity contribution in [3.05, 3.63) is 45.2 Å². The van der Waals surface area contributed by atoms with Gasteiger partial charge in [-0.05, 0) is 25.0 Å². The van der Waals surface area contributed by atoms with Gasteiger partial charge in [0.1, 0.15) is 4.90 Å². The summed E-state index contributed by atoms with van der Waals surface area (Å²) in [4.78, 5) is 0.00630. The van der Waals surface area contributed by atoms with Crippen LogP contribution < -0.4 is 0 Å². The van der Waals surface area contributed by atoms with Gasteiger partial charge in [0.25, 0.3) is 0 Å². The van der Waals surface area contributed by atoms with Gasteiger partial charge in [0, 0.05) is 31.9 Å². The van der Waals surface area contributed by atoms with Crippen molar-refractivity contribution in [2.45, 2.75) is 38.1 Å². The minimum atomic E-state index is -3.76. The first-order valence-electron chi connectivity index (χ1n) is 7.50. The van der Waals surface area contributed by atoms with Crippen molar-refractivity contribution < 1.29 is 8.42 Å². The molecule has 0 amide bonds. The molecular weight excluding hydrogens is 369 g/mol. The first-order chi connectivity index (χ1) is 11.1. The van der Waals surface area contributed by atoms with Gasteiger partial charge in [-0.25, -0.2) is 8.42 Å². The lowest BCUT2D eigenvalue weighted by Gasteiger charge is -2.19. The summed E-state index contributed by atoms with van der Waals surface area (Å²) < 4.78 is 28.8. The van der Waals surface area contributed by atoms with Gasteiger partial charge in [0.05, 0.1) is 15.7 Å². The zero-order valence-corrected chi connectivity index (χ0v) is 16.7. The maximum Gasteiger partial charge on any atom is 0.244 e. The first kappa shape index (κ1) is 19.2. The predicted molar refractivity (Wildman–Crippen MR) is 97.1 cm³/mol. The number of halogens is 2. The van der Waals surface area contributed by atoms with E-state index < -0.39 is 10.0 Å². The molecule has 0 radical (unpaired) electrons. The minimum Gasteiger partial charge on any atom is -0.272 e. The van der Waals surface area contributed by atoms with E-state index >= 15 is 0 Å². The Bertz CT molecular complexity index is 860. The van der Waals surface area contributed by atoms with Gasteiger partial charge in [-0.2, -0.15) is 9.40 Å². The van der Waals surface area contributed by atoms with Crippen LogP contribution in [0.25, 0.3) is 0 Å². The van der Waals surface area contributed by atoms with E-state index in [1.165, 1.54) is 17.4 Å². The van der Waals surface area contributed by atoms with E-state index in [1.807, 2.05) is 27.8 Å². The molecule has 0 saturated heterocycles. The number of rotatable bonds is 5. The van der Waals surface area contributed by atoms with E-state index in [-0.39, 0.29) is 27.4 Å². The van der Waals surface area contributed by atoms with Crippen molar-refractivity contribution in [2.75, 3.05) is 7.05 Å². The Kier molecular flexibility index (Phi) is 5.64. The average molecular weight is 390 g/mol. The second kappa shape index (κ2) is 7.04. The topological polar surface area (TPSA) is 55.2 Å². The highest BCUT2D eigenvalue weighted by Crippen LogP contribution is 2.32. The van der Waals surface area contributed by atoms with E-state index in [4.69, 9.17) is 23.2 Å². The largest absolute Gasteiger partial charge is 0.272 e. The Balaban J connectivity index is 2.43. The molecule has 0 aliphatic rings. The average Bonchev–Trinajstić information content (AvgIpc) is 2.78. The van der Waals surface area contributed by atoms with Gasteiger partial charge in [-0.1, -0.05) is 43.1 Å². The van der Waals surface area contributed by atoms with Crippen molar-refractivity contribution in [1.29, 1.82) is 0 Å². The summed E-state index contributed by atoms with van der Waals surface area (Å²) >= 11 is 12.0. The maximum absolute atomic E-state index is 12.9. The van der Waals surface area contributed by atoms with Crippen LogP contribution in [0.1, 0.15) is 36.7 Å². The molecule has 0 spiro atoms. The zero-order chi connectivity index (χ0) is 18.2. The molecule has 0 bridgehead atoms. The van der Waals surface area contributed by atoms with E-state index in [0.717, 1.165) is 17.0 Å². The molecule has 24 heavy (non-hydrogen) atoms. The summed E-state index contributed by atoms with van der Waals surface area (Å²) in [5.41, 5.74) is 2.75. The normalized spacial score (nSPS) is 12.4. The summed E-state index contributed by atoms with van der Waals surface area (Å²) in [5.74, 6) is 0.200. The van der Waals surface area contributed by atoms with Crippen LogP contribution in [0.15, 0.2) is 23.1 Å². The number of sulfonamides is 1. The minimum absolute atomic E-state index is 0.00630. The van der Waals surface area contributed by atoms with Crippen LogP contribution in [-0.2, 0) is 23.6 Å². The SMILES string of the molecule is Cc1c(CN(C)S(=O)(=O)c2cccc(Cl)c2Cl)c(C(C)C)nn1C. The summed E-state index contributed by atoms with van der Waals surface area (Å²) in [7, 11) is -0.375. The van der Waals surface area contributed by atoms with E-state index in [0.29, 0.717) is 0 Å². The second-order valence-electron chi connectivity index (χ2n) is 6.04. The van der Waals surface area contributed by atoms with E-state index in [9.17, 15) is 8.42 Å². The second-order valence-corrected chi connectivity index (χ2v) is 8.84. The summed E-state index contributed by atoms with van der Waals surface area (Å²) in [6.45, 7) is 6.22. The van der Waals surface area contributed by atoms with Gasteiger partial charge in [-0.3, -0.25) is 4.68 Å². The van der Waals surface area contributed by atoms with Gasteiger partial charge in [0.2, 0.25) is 10.0 Å². The molecule has 0 aliphatic carbocycles. The lowest BCUT2D eigenvalue weighted by Crippen LogP contribution is -2.27. The molecule has 0 atom stereocenters. The molecule has 132 valence electrons. The van der Waals surface area contributed by atoms with Crippen LogP contribution in [0.4, 0.5) is 0 Å². The highest BCUT2D eigenvalue weighted by Gasteiger charge is 2.27. The van der Waals surface area contributed by atoms with Crippen LogP contribution in [0.2, 0.25) is 10.0 Å². The Morgan fingerprint density at radius 3 is 2.50 bits per heavy atom. The number of aromatic nitrogens is 2. The van der Waals surface area contributed by atoms with Gasteiger partial charge >= 0.3 is 0 Å². The van der Waals surface area contributed by atoms with Crippen molar-refractivity contribution in [3.63, 3.8) is 0 Å². The Hall–Kier alpha value is -1.08. The number of benzene rings is 1. The standard InChI is InChI=1S/C16H21Cl2N3O2S/c1-10(2)16-12(11(3)21(5)19-16)9-20(4)24(22,23)14-8-6-7-13(17)15(14)18/h6-8,10H,9H2,1-5H3. The van der Waals surface area contributed by atoms with Crippen molar-refractivity contribution in [3.8, 4) is 0 Å². The molecule has 8 heteroatoms. The Morgan fingerprint density at radius 1 is 1.29 bits per heavy atom. The zero-order valence-electron chi connectivity index (χ0n) is 14.3. The van der Waals surface area contributed by atoms with Crippen molar-refractivity contribution >= 4 is 33.2 Å². The van der Waals surface area contributed by atoms with Gasteiger partial charge in [-0.15, -0.1) is 0 Å². The molecule has 0 unspecified atom stereocenters. The molecule has 2 rings (SSSR count). The van der Waals surface area contributed by atoms with E-state index in [2.05, 4.69) is 5.10 Å². The molecule has 5 nitrogen and oxygen atoms in total. The molecule has 0 fully saturated rings. The molecular formula is C16H21Cl2N3O2S. The Labute approximate surface area is 153 Å². The van der Waals surface area contributed by atoms with Gasteiger partial charge < -0.3 is 0 Å². The fraction of sp³-hybridized carbons (Fsp3) is 0.438. The third-order valence-electron chi connectivity index (χ3n) is 4.02. The molecule has 0 aliphatic heterocycles. The number of nitrogens with zero attached hydrogens (tertiary/aromatic N) is 3. The third kappa shape index (κ3) is 3.47. The quantitative estimate of drug-likeness (QED) is 0.776. The highest BCUT2D eigenvalue weighted by atomic mass is 35.5. The summed E-state index contributed by atoms with van der Waals surface area (Å²) in [5, 5.41) is 4.75. The van der Waals surface area contributed by atoms with Crippen LogP contribution in [0.5, 0.6) is 0 Å².